The molecule has 92 valence electrons. The third-order valence-electron chi connectivity index (χ3n) is 2.68. The lowest BCUT2D eigenvalue weighted by Crippen LogP contribution is -2.27. The van der Waals surface area contributed by atoms with Gasteiger partial charge in [0.1, 0.15) is 5.75 Å². The van der Waals surface area contributed by atoms with Crippen LogP contribution in [0.15, 0.2) is 24.3 Å². The first kappa shape index (κ1) is 13.6. The molecule has 0 amide bonds. The minimum Gasteiger partial charge on any atom is -0.497 e. The SMILES string of the molecule is COc1ccc(C2CN(S[PH+]=S)CCS2)cc1. The van der Waals surface area contributed by atoms with Crippen LogP contribution in [0.25, 0.3) is 0 Å². The molecule has 2 unspecified atom stereocenters. The van der Waals surface area contributed by atoms with Crippen molar-refractivity contribution in [3.05, 3.63) is 29.8 Å². The third-order valence-corrected chi connectivity index (χ3v) is 6.26. The van der Waals surface area contributed by atoms with E-state index in [9.17, 15) is 0 Å². The van der Waals surface area contributed by atoms with E-state index in [4.69, 9.17) is 16.5 Å². The largest absolute Gasteiger partial charge is 0.497 e. The Labute approximate surface area is 117 Å². The second-order valence-electron chi connectivity index (χ2n) is 3.70. The predicted octanol–water partition coefficient (Wildman–Crippen LogP) is 3.49. The maximum Gasteiger partial charge on any atom is 0.247 e. The summed E-state index contributed by atoms with van der Waals surface area (Å²) in [5, 5.41) is 0.563. The number of hydrogen-bond acceptors (Lipinski definition) is 5. The second kappa shape index (κ2) is 6.95. The van der Waals surface area contributed by atoms with E-state index in [2.05, 4.69) is 16.4 Å². The first-order valence-electron chi connectivity index (χ1n) is 5.38. The highest BCUT2D eigenvalue weighted by Gasteiger charge is 2.23. The number of rotatable bonds is 4. The molecule has 1 saturated heterocycles. The standard InChI is InChI=1S/C11H14NOPS3/c1-13-10-4-2-9(3-5-10)11-8-12(17-14-15)6-7-16-11/h2-5,11H,6-8H2,1H3/p+1. The normalized spacial score (nSPS) is 21.6. The van der Waals surface area contributed by atoms with Crippen LogP contribution >= 0.6 is 29.9 Å². The summed E-state index contributed by atoms with van der Waals surface area (Å²) in [5.74, 6) is 2.11. The summed E-state index contributed by atoms with van der Waals surface area (Å²) in [5.41, 5.74) is 1.38. The minimum atomic E-state index is 0.531. The molecule has 17 heavy (non-hydrogen) atoms. The van der Waals surface area contributed by atoms with Gasteiger partial charge in [-0.2, -0.15) is 11.8 Å². The Hall–Kier alpha value is 0.200. The molecule has 0 bridgehead atoms. The van der Waals surface area contributed by atoms with Crippen molar-refractivity contribution in [3.63, 3.8) is 0 Å². The van der Waals surface area contributed by atoms with Crippen molar-refractivity contribution in [3.8, 4) is 5.75 Å². The molecular formula is C11H15NOPS3+. The molecule has 6 heteroatoms. The Bertz CT molecular complexity index is 373. The molecule has 0 aromatic heterocycles. The maximum absolute atomic E-state index is 5.18. The highest BCUT2D eigenvalue weighted by molar-refractivity contribution is 8.56. The summed E-state index contributed by atoms with van der Waals surface area (Å²) in [6.07, 6.45) is 0. The van der Waals surface area contributed by atoms with Gasteiger partial charge in [0, 0.05) is 24.1 Å². The minimum absolute atomic E-state index is 0.531. The Morgan fingerprint density at radius 1 is 1.47 bits per heavy atom. The number of benzene rings is 1. The molecule has 2 rings (SSSR count). The summed E-state index contributed by atoms with van der Waals surface area (Å²) in [6, 6.07) is 8.41. The van der Waals surface area contributed by atoms with Crippen LogP contribution in [0, 0.1) is 0 Å². The lowest BCUT2D eigenvalue weighted by atomic mass is 10.1. The van der Waals surface area contributed by atoms with Gasteiger partial charge in [0.25, 0.3) is 0 Å². The van der Waals surface area contributed by atoms with E-state index in [-0.39, 0.29) is 0 Å². The summed E-state index contributed by atoms with van der Waals surface area (Å²) in [4.78, 5) is 0. The van der Waals surface area contributed by atoms with Crippen LogP contribution < -0.4 is 4.74 Å². The number of ether oxygens (including phenoxy) is 1. The first-order chi connectivity index (χ1) is 8.33. The van der Waals surface area contributed by atoms with Gasteiger partial charge in [0.2, 0.25) is 6.56 Å². The van der Waals surface area contributed by atoms with Crippen LogP contribution in [0.1, 0.15) is 10.8 Å². The molecule has 1 aliphatic rings. The Kier molecular flexibility index (Phi) is 5.57. The van der Waals surface area contributed by atoms with Crippen LogP contribution in [0.5, 0.6) is 5.75 Å². The summed E-state index contributed by atoms with van der Waals surface area (Å²) < 4.78 is 7.58. The van der Waals surface area contributed by atoms with Gasteiger partial charge >= 0.3 is 0 Å². The molecule has 1 heterocycles. The zero-order valence-electron chi connectivity index (χ0n) is 9.59. The Morgan fingerprint density at radius 2 is 2.24 bits per heavy atom. The van der Waals surface area contributed by atoms with E-state index in [1.54, 1.807) is 18.7 Å². The molecule has 0 aliphatic carbocycles. The van der Waals surface area contributed by atoms with Crippen molar-refractivity contribution in [2.24, 2.45) is 0 Å². The summed E-state index contributed by atoms with van der Waals surface area (Å²) >= 11 is 8.88. The highest BCUT2D eigenvalue weighted by Crippen LogP contribution is 2.38. The van der Waals surface area contributed by atoms with Crippen LogP contribution in [-0.4, -0.2) is 30.3 Å². The van der Waals surface area contributed by atoms with Crippen molar-refractivity contribution in [2.45, 2.75) is 5.25 Å². The smallest absolute Gasteiger partial charge is 0.247 e. The quantitative estimate of drug-likeness (QED) is 0.622. The van der Waals surface area contributed by atoms with E-state index in [0.717, 1.165) is 18.8 Å². The average molecular weight is 304 g/mol. The zero-order chi connectivity index (χ0) is 12.1. The van der Waals surface area contributed by atoms with E-state index >= 15 is 0 Å². The van der Waals surface area contributed by atoms with Gasteiger partial charge in [0.15, 0.2) is 23.4 Å². The zero-order valence-corrected chi connectivity index (χ0v) is 13.0. The fourth-order valence-electron chi connectivity index (χ4n) is 1.78. The highest BCUT2D eigenvalue weighted by atomic mass is 32.9. The lowest BCUT2D eigenvalue weighted by molar-refractivity contribution is 0.414. The Morgan fingerprint density at radius 3 is 2.88 bits per heavy atom. The monoisotopic (exact) mass is 304 g/mol. The second-order valence-corrected chi connectivity index (χ2v) is 8.42. The molecule has 1 aromatic rings. The molecule has 1 aliphatic heterocycles. The average Bonchev–Trinajstić information content (AvgIpc) is 2.40. The molecule has 1 fully saturated rings. The first-order valence-corrected chi connectivity index (χ1v) is 10.1. The van der Waals surface area contributed by atoms with Gasteiger partial charge in [-0.15, -0.1) is 0 Å². The molecule has 0 N–H and O–H groups in total. The predicted molar refractivity (Wildman–Crippen MR) is 83.0 cm³/mol. The van der Waals surface area contributed by atoms with Crippen LogP contribution in [0.4, 0.5) is 0 Å². The van der Waals surface area contributed by atoms with Gasteiger partial charge in [-0.25, -0.2) is 4.31 Å². The number of hydrogen-bond donors (Lipinski definition) is 0. The molecule has 2 atom stereocenters. The van der Waals surface area contributed by atoms with Gasteiger partial charge < -0.3 is 4.74 Å². The molecule has 1 aromatic carbocycles. The molecular weight excluding hydrogens is 289 g/mol. The van der Waals surface area contributed by atoms with Crippen molar-refractivity contribution in [2.75, 3.05) is 26.0 Å². The Balaban J connectivity index is 2.02. The topological polar surface area (TPSA) is 12.5 Å². The van der Waals surface area contributed by atoms with Crippen molar-refractivity contribution in [1.29, 1.82) is 0 Å². The van der Waals surface area contributed by atoms with Gasteiger partial charge in [-0.05, 0) is 17.7 Å². The molecule has 2 nitrogen and oxygen atoms in total. The van der Waals surface area contributed by atoms with Gasteiger partial charge in [-0.1, -0.05) is 12.1 Å². The van der Waals surface area contributed by atoms with Crippen molar-refractivity contribution in [1.82, 2.24) is 4.31 Å². The van der Waals surface area contributed by atoms with Gasteiger partial charge in [-0.3, -0.25) is 0 Å². The van der Waals surface area contributed by atoms with Crippen molar-refractivity contribution < 1.29 is 4.74 Å². The van der Waals surface area contributed by atoms with E-state index in [0.29, 0.717) is 11.8 Å². The summed E-state index contributed by atoms with van der Waals surface area (Å²) in [7, 11) is 1.70. The fourth-order valence-corrected chi connectivity index (χ4v) is 5.51. The number of thioether (sulfide) groups is 1. The van der Waals surface area contributed by atoms with Crippen LogP contribution in [-0.2, 0) is 11.8 Å². The van der Waals surface area contributed by atoms with Crippen molar-refractivity contribution >= 4 is 41.7 Å². The molecule has 0 radical (unpaired) electrons. The van der Waals surface area contributed by atoms with E-state index in [1.165, 1.54) is 11.3 Å². The van der Waals surface area contributed by atoms with E-state index < -0.39 is 0 Å². The van der Waals surface area contributed by atoms with Crippen LogP contribution in [0.2, 0.25) is 0 Å². The molecule has 0 spiro atoms. The maximum atomic E-state index is 5.18. The third kappa shape index (κ3) is 3.83. The van der Waals surface area contributed by atoms with E-state index in [1.807, 2.05) is 23.9 Å². The van der Waals surface area contributed by atoms with Gasteiger partial charge in [0.05, 0.1) is 7.11 Å². The molecule has 0 saturated carbocycles. The number of methoxy groups -OCH3 is 1. The summed E-state index contributed by atoms with van der Waals surface area (Å²) in [6.45, 7) is 2.76. The lowest BCUT2D eigenvalue weighted by Gasteiger charge is -2.28. The fraction of sp³-hybridized carbons (Fsp3) is 0.455. The number of nitrogens with zero attached hydrogens (tertiary/aromatic N) is 1. The van der Waals surface area contributed by atoms with Crippen LogP contribution in [0.3, 0.4) is 0 Å².